The van der Waals surface area contributed by atoms with Crippen molar-refractivity contribution in [3.63, 3.8) is 0 Å². The van der Waals surface area contributed by atoms with Gasteiger partial charge < -0.3 is 0 Å². The number of benzene rings is 1. The molecule has 1 aromatic carbocycles. The maximum absolute atomic E-state index is 11.9. The van der Waals surface area contributed by atoms with Gasteiger partial charge in [0.1, 0.15) is 0 Å². The molecule has 0 amide bonds. The molecule has 0 radical (unpaired) electrons. The van der Waals surface area contributed by atoms with Crippen LogP contribution >= 0.6 is 0 Å². The Kier molecular flexibility index (Phi) is 7.61. The summed E-state index contributed by atoms with van der Waals surface area (Å²) < 4.78 is 28.7. The summed E-state index contributed by atoms with van der Waals surface area (Å²) in [4.78, 5) is 0.180. The third-order valence-electron chi connectivity index (χ3n) is 2.68. The largest absolute Gasteiger partial charge is 0.297 e. The SMILES string of the molecule is CC#CCCCC#CCCOS(=O)(=O)c1ccc(C)cc1. The van der Waals surface area contributed by atoms with Gasteiger partial charge in [-0.1, -0.05) is 17.7 Å². The molecule has 0 aliphatic rings. The van der Waals surface area contributed by atoms with E-state index in [-0.39, 0.29) is 11.5 Å². The molecule has 4 heteroatoms. The predicted molar refractivity (Wildman–Crippen MR) is 84.0 cm³/mol. The van der Waals surface area contributed by atoms with E-state index in [0.29, 0.717) is 6.42 Å². The second-order valence-corrected chi connectivity index (χ2v) is 6.09. The first-order valence-electron chi connectivity index (χ1n) is 6.87. The summed E-state index contributed by atoms with van der Waals surface area (Å²) in [6, 6.07) is 6.58. The van der Waals surface area contributed by atoms with Gasteiger partial charge >= 0.3 is 0 Å². The van der Waals surface area contributed by atoms with Gasteiger partial charge in [-0.05, 0) is 32.4 Å². The summed E-state index contributed by atoms with van der Waals surface area (Å²) in [5, 5.41) is 0. The Morgan fingerprint density at radius 1 is 1.00 bits per heavy atom. The van der Waals surface area contributed by atoms with Gasteiger partial charge in [0, 0.05) is 19.3 Å². The molecule has 0 spiro atoms. The Morgan fingerprint density at radius 2 is 1.62 bits per heavy atom. The molecule has 0 aliphatic carbocycles. The molecule has 0 aromatic heterocycles. The lowest BCUT2D eigenvalue weighted by atomic mass is 10.2. The maximum atomic E-state index is 11.9. The molecule has 0 atom stereocenters. The van der Waals surface area contributed by atoms with Crippen molar-refractivity contribution < 1.29 is 12.6 Å². The zero-order chi connectivity index (χ0) is 15.6. The molecule has 0 saturated carbocycles. The van der Waals surface area contributed by atoms with E-state index >= 15 is 0 Å². The van der Waals surface area contributed by atoms with Crippen molar-refractivity contribution in [3.05, 3.63) is 29.8 Å². The van der Waals surface area contributed by atoms with Crippen LogP contribution in [-0.2, 0) is 14.3 Å². The van der Waals surface area contributed by atoms with Crippen LogP contribution in [0.5, 0.6) is 0 Å². The smallest absolute Gasteiger partial charge is 0.265 e. The van der Waals surface area contributed by atoms with Gasteiger partial charge in [0.15, 0.2) is 0 Å². The molecular formula is C17H20O3S. The fourth-order valence-electron chi connectivity index (χ4n) is 1.54. The number of hydrogen-bond acceptors (Lipinski definition) is 3. The molecular weight excluding hydrogens is 284 g/mol. The Labute approximate surface area is 127 Å². The quantitative estimate of drug-likeness (QED) is 0.460. The highest BCUT2D eigenvalue weighted by Crippen LogP contribution is 2.13. The molecule has 1 rings (SSSR count). The lowest BCUT2D eigenvalue weighted by molar-refractivity contribution is 0.326. The van der Waals surface area contributed by atoms with Crippen molar-refractivity contribution in [2.24, 2.45) is 0 Å². The van der Waals surface area contributed by atoms with Crippen molar-refractivity contribution in [3.8, 4) is 23.7 Å². The van der Waals surface area contributed by atoms with Crippen LogP contribution in [-0.4, -0.2) is 15.0 Å². The van der Waals surface area contributed by atoms with Crippen LogP contribution in [0.25, 0.3) is 0 Å². The molecule has 112 valence electrons. The lowest BCUT2D eigenvalue weighted by Crippen LogP contribution is -2.07. The van der Waals surface area contributed by atoms with Crippen LogP contribution in [0, 0.1) is 30.6 Å². The van der Waals surface area contributed by atoms with E-state index in [9.17, 15) is 8.42 Å². The number of hydrogen-bond donors (Lipinski definition) is 0. The fourth-order valence-corrected chi connectivity index (χ4v) is 2.45. The molecule has 0 unspecified atom stereocenters. The Morgan fingerprint density at radius 3 is 2.29 bits per heavy atom. The van der Waals surface area contributed by atoms with Gasteiger partial charge in [0.2, 0.25) is 0 Å². The van der Waals surface area contributed by atoms with Crippen molar-refractivity contribution in [2.45, 2.75) is 44.4 Å². The molecule has 0 aliphatic heterocycles. The zero-order valence-corrected chi connectivity index (χ0v) is 13.3. The Hall–Kier alpha value is -1.75. The molecule has 0 bridgehead atoms. The van der Waals surface area contributed by atoms with E-state index in [1.54, 1.807) is 24.3 Å². The molecule has 0 fully saturated rings. The first-order valence-corrected chi connectivity index (χ1v) is 8.28. The van der Waals surface area contributed by atoms with Crippen LogP contribution in [0.2, 0.25) is 0 Å². The number of unbranched alkanes of at least 4 members (excludes halogenated alkanes) is 2. The minimum Gasteiger partial charge on any atom is -0.265 e. The molecule has 3 nitrogen and oxygen atoms in total. The van der Waals surface area contributed by atoms with Gasteiger partial charge in [0.25, 0.3) is 10.1 Å². The third-order valence-corrected chi connectivity index (χ3v) is 4.01. The van der Waals surface area contributed by atoms with Crippen LogP contribution in [0.4, 0.5) is 0 Å². The van der Waals surface area contributed by atoms with Gasteiger partial charge in [0.05, 0.1) is 11.5 Å². The minimum atomic E-state index is -3.67. The van der Waals surface area contributed by atoms with E-state index < -0.39 is 10.1 Å². The average Bonchev–Trinajstić information content (AvgIpc) is 2.46. The highest BCUT2D eigenvalue weighted by Gasteiger charge is 2.13. The highest BCUT2D eigenvalue weighted by molar-refractivity contribution is 7.86. The monoisotopic (exact) mass is 304 g/mol. The van der Waals surface area contributed by atoms with Crippen LogP contribution in [0.3, 0.4) is 0 Å². The molecule has 0 heterocycles. The molecule has 1 aromatic rings. The van der Waals surface area contributed by atoms with Gasteiger partial charge in [-0.25, -0.2) is 0 Å². The summed E-state index contributed by atoms with van der Waals surface area (Å²) in [6.07, 6.45) is 2.98. The maximum Gasteiger partial charge on any atom is 0.297 e. The van der Waals surface area contributed by atoms with Gasteiger partial charge in [-0.15, -0.1) is 23.7 Å². The second-order valence-electron chi connectivity index (χ2n) is 4.47. The van der Waals surface area contributed by atoms with Crippen LogP contribution in [0.1, 0.15) is 38.2 Å². The standard InChI is InChI=1S/C17H20O3S/c1-3-4-5-6-7-8-9-10-15-20-21(18,19)17-13-11-16(2)12-14-17/h11-14H,5-7,10,15H2,1-2H3. The molecule has 0 saturated heterocycles. The van der Waals surface area contributed by atoms with E-state index in [4.69, 9.17) is 4.18 Å². The normalized spacial score (nSPS) is 10.2. The first-order chi connectivity index (χ1) is 10.1. The number of aryl methyl sites for hydroxylation is 1. The minimum absolute atomic E-state index is 0.0813. The summed E-state index contributed by atoms with van der Waals surface area (Å²) in [7, 11) is -3.67. The Balaban J connectivity index is 2.33. The summed E-state index contributed by atoms with van der Waals surface area (Å²) in [5.41, 5.74) is 1.01. The van der Waals surface area contributed by atoms with Gasteiger partial charge in [-0.3, -0.25) is 4.18 Å². The zero-order valence-electron chi connectivity index (χ0n) is 12.5. The van der Waals surface area contributed by atoms with Crippen molar-refractivity contribution in [1.82, 2.24) is 0 Å². The van der Waals surface area contributed by atoms with Crippen molar-refractivity contribution in [2.75, 3.05) is 6.61 Å². The Bertz CT molecular complexity index is 650. The predicted octanol–water partition coefficient (Wildman–Crippen LogP) is 3.29. The first kappa shape index (κ1) is 17.3. The van der Waals surface area contributed by atoms with Gasteiger partial charge in [-0.2, -0.15) is 8.42 Å². The van der Waals surface area contributed by atoms with E-state index in [0.717, 1.165) is 24.8 Å². The number of rotatable bonds is 6. The van der Waals surface area contributed by atoms with E-state index in [1.165, 1.54) is 0 Å². The van der Waals surface area contributed by atoms with Crippen molar-refractivity contribution in [1.29, 1.82) is 0 Å². The van der Waals surface area contributed by atoms with Crippen molar-refractivity contribution >= 4 is 10.1 Å². The van der Waals surface area contributed by atoms with E-state index in [1.807, 2.05) is 13.8 Å². The fraction of sp³-hybridized carbons (Fsp3) is 0.412. The molecule has 0 N–H and O–H groups in total. The average molecular weight is 304 g/mol. The lowest BCUT2D eigenvalue weighted by Gasteiger charge is -2.04. The van der Waals surface area contributed by atoms with E-state index in [2.05, 4.69) is 23.7 Å². The third kappa shape index (κ3) is 6.99. The molecule has 21 heavy (non-hydrogen) atoms. The van der Waals surface area contributed by atoms with Crippen LogP contribution < -0.4 is 0 Å². The second kappa shape index (κ2) is 9.23. The summed E-state index contributed by atoms with van der Waals surface area (Å²) in [6.45, 7) is 3.80. The highest BCUT2D eigenvalue weighted by atomic mass is 32.2. The summed E-state index contributed by atoms with van der Waals surface area (Å²) >= 11 is 0. The topological polar surface area (TPSA) is 43.4 Å². The van der Waals surface area contributed by atoms with Crippen LogP contribution in [0.15, 0.2) is 29.2 Å². The summed E-state index contributed by atoms with van der Waals surface area (Å²) in [5.74, 6) is 11.7.